The van der Waals surface area contributed by atoms with Crippen molar-refractivity contribution in [3.8, 4) is 6.07 Å². The molecule has 1 fully saturated rings. The highest BCUT2D eigenvalue weighted by Crippen LogP contribution is 2.24. The molecule has 1 aromatic carbocycles. The molecule has 1 aliphatic heterocycles. The molecule has 108 valence electrons. The lowest BCUT2D eigenvalue weighted by Crippen LogP contribution is -2.44. The number of halogens is 1. The third-order valence-electron chi connectivity index (χ3n) is 3.42. The number of nitrogens with one attached hydrogen (secondary N) is 1. The third-order valence-corrected chi connectivity index (χ3v) is 5.05. The fourth-order valence-corrected chi connectivity index (χ4v) is 3.86. The predicted octanol–water partition coefficient (Wildman–Crippen LogP) is 2.23. The van der Waals surface area contributed by atoms with Gasteiger partial charge in [0.1, 0.15) is 17.4 Å². The van der Waals surface area contributed by atoms with E-state index in [0.29, 0.717) is 6.54 Å². The zero-order valence-corrected chi connectivity index (χ0v) is 12.0. The molecule has 1 aliphatic rings. The second kappa shape index (κ2) is 5.77. The normalized spacial score (nSPS) is 20.4. The van der Waals surface area contributed by atoms with Crippen LogP contribution in [-0.4, -0.2) is 25.3 Å². The largest absolute Gasteiger partial charge is 0.301 e. The van der Waals surface area contributed by atoms with Crippen LogP contribution in [0.15, 0.2) is 18.2 Å². The summed E-state index contributed by atoms with van der Waals surface area (Å²) in [5.74, 6) is -0.737. The number of benzene rings is 1. The van der Waals surface area contributed by atoms with Gasteiger partial charge in [0.25, 0.3) is 0 Å². The topological polar surface area (TPSA) is 73.2 Å². The molecule has 20 heavy (non-hydrogen) atoms. The van der Waals surface area contributed by atoms with Gasteiger partial charge in [-0.15, -0.1) is 0 Å². The van der Waals surface area contributed by atoms with Crippen LogP contribution in [0.2, 0.25) is 0 Å². The van der Waals surface area contributed by atoms with E-state index in [1.807, 2.05) is 6.92 Å². The van der Waals surface area contributed by atoms with Crippen molar-refractivity contribution >= 4 is 15.9 Å². The van der Waals surface area contributed by atoms with Crippen molar-refractivity contribution in [3.05, 3.63) is 29.6 Å². The van der Waals surface area contributed by atoms with E-state index in [9.17, 15) is 12.8 Å². The van der Waals surface area contributed by atoms with E-state index in [1.165, 1.54) is 16.4 Å². The van der Waals surface area contributed by atoms with Gasteiger partial charge in [0.15, 0.2) is 0 Å². The average Bonchev–Trinajstić information content (AvgIpc) is 2.39. The molecule has 1 N–H and O–H groups in total. The molecule has 0 amide bonds. The molecule has 7 heteroatoms. The van der Waals surface area contributed by atoms with Gasteiger partial charge in [0.05, 0.1) is 5.69 Å². The van der Waals surface area contributed by atoms with Gasteiger partial charge in [-0.25, -0.2) is 4.39 Å². The Kier molecular flexibility index (Phi) is 4.26. The zero-order chi connectivity index (χ0) is 14.8. The Labute approximate surface area is 118 Å². The first-order valence-electron chi connectivity index (χ1n) is 6.44. The third kappa shape index (κ3) is 2.92. The number of nitrogens with zero attached hydrogens (tertiary/aromatic N) is 2. The fourth-order valence-electron chi connectivity index (χ4n) is 2.35. The van der Waals surface area contributed by atoms with Crippen LogP contribution in [0.5, 0.6) is 0 Å². The number of nitriles is 1. The highest BCUT2D eigenvalue weighted by atomic mass is 32.2. The molecule has 1 saturated heterocycles. The van der Waals surface area contributed by atoms with Crippen LogP contribution in [0, 0.1) is 17.1 Å². The summed E-state index contributed by atoms with van der Waals surface area (Å²) in [6.45, 7) is 2.28. The lowest BCUT2D eigenvalue weighted by molar-refractivity contribution is 0.270. The van der Waals surface area contributed by atoms with Crippen LogP contribution in [0.3, 0.4) is 0 Å². The highest BCUT2D eigenvalue weighted by Gasteiger charge is 2.30. The number of anilines is 1. The lowest BCUT2D eigenvalue weighted by Gasteiger charge is -2.32. The molecule has 0 saturated carbocycles. The maximum Gasteiger partial charge on any atom is 0.301 e. The molecular formula is C13H16FN3O2S. The standard InChI is InChI=1S/C13H16FN3O2S/c1-10-5-2-3-8-17(10)20(18,19)16-13-7-4-6-12(14)11(13)9-15/h4,6-7,10,16H,2-3,5,8H2,1H3. The van der Waals surface area contributed by atoms with Crippen molar-refractivity contribution in [2.45, 2.75) is 32.2 Å². The molecule has 1 unspecified atom stereocenters. The van der Waals surface area contributed by atoms with E-state index < -0.39 is 16.0 Å². The first-order valence-corrected chi connectivity index (χ1v) is 7.88. The van der Waals surface area contributed by atoms with Gasteiger partial charge in [0.2, 0.25) is 0 Å². The van der Waals surface area contributed by atoms with E-state index in [2.05, 4.69) is 4.72 Å². The molecule has 0 bridgehead atoms. The Morgan fingerprint density at radius 1 is 1.45 bits per heavy atom. The second-order valence-corrected chi connectivity index (χ2v) is 6.46. The minimum absolute atomic E-state index is 0.0229. The van der Waals surface area contributed by atoms with E-state index in [-0.39, 0.29) is 17.3 Å². The Morgan fingerprint density at radius 2 is 2.20 bits per heavy atom. The van der Waals surface area contributed by atoms with Crippen LogP contribution in [0.1, 0.15) is 31.7 Å². The summed E-state index contributed by atoms with van der Waals surface area (Å²) >= 11 is 0. The molecular weight excluding hydrogens is 281 g/mol. The molecule has 0 aromatic heterocycles. The predicted molar refractivity (Wildman–Crippen MR) is 73.7 cm³/mol. The van der Waals surface area contributed by atoms with Crippen LogP contribution in [0.25, 0.3) is 0 Å². The minimum atomic E-state index is -3.77. The summed E-state index contributed by atoms with van der Waals surface area (Å²) in [6, 6.07) is 5.46. The summed E-state index contributed by atoms with van der Waals surface area (Å²) in [5.41, 5.74) is -0.314. The van der Waals surface area contributed by atoms with Gasteiger partial charge in [-0.3, -0.25) is 4.72 Å². The van der Waals surface area contributed by atoms with Crippen molar-refractivity contribution in [1.82, 2.24) is 4.31 Å². The Morgan fingerprint density at radius 3 is 2.85 bits per heavy atom. The second-order valence-electron chi connectivity index (χ2n) is 4.84. The van der Waals surface area contributed by atoms with Gasteiger partial charge in [-0.05, 0) is 31.9 Å². The lowest BCUT2D eigenvalue weighted by atomic mass is 10.1. The van der Waals surface area contributed by atoms with E-state index in [0.717, 1.165) is 25.3 Å². The average molecular weight is 297 g/mol. The van der Waals surface area contributed by atoms with Gasteiger partial charge >= 0.3 is 10.2 Å². The molecule has 0 aliphatic carbocycles. The van der Waals surface area contributed by atoms with E-state index >= 15 is 0 Å². The van der Waals surface area contributed by atoms with Crippen LogP contribution >= 0.6 is 0 Å². The highest BCUT2D eigenvalue weighted by molar-refractivity contribution is 7.90. The van der Waals surface area contributed by atoms with Gasteiger partial charge in [-0.2, -0.15) is 18.0 Å². The van der Waals surface area contributed by atoms with E-state index in [1.54, 1.807) is 6.07 Å². The summed E-state index contributed by atoms with van der Waals surface area (Å²) in [6.07, 6.45) is 2.60. The molecule has 1 atom stereocenters. The molecule has 2 rings (SSSR count). The van der Waals surface area contributed by atoms with Crippen molar-refractivity contribution in [3.63, 3.8) is 0 Å². The van der Waals surface area contributed by atoms with Crippen molar-refractivity contribution < 1.29 is 12.8 Å². The summed E-state index contributed by atoms with van der Waals surface area (Å²) in [4.78, 5) is 0. The number of hydrogen-bond acceptors (Lipinski definition) is 3. The smallest absolute Gasteiger partial charge is 0.269 e. The Balaban J connectivity index is 2.29. The molecule has 5 nitrogen and oxygen atoms in total. The van der Waals surface area contributed by atoms with Crippen molar-refractivity contribution in [2.75, 3.05) is 11.3 Å². The molecule has 1 heterocycles. The first kappa shape index (κ1) is 14.8. The molecule has 0 spiro atoms. The fraction of sp³-hybridized carbons (Fsp3) is 0.462. The van der Waals surface area contributed by atoms with Crippen LogP contribution in [0.4, 0.5) is 10.1 Å². The number of rotatable bonds is 3. The number of piperidine rings is 1. The first-order chi connectivity index (χ1) is 9.45. The van der Waals surface area contributed by atoms with Crippen molar-refractivity contribution in [1.29, 1.82) is 5.26 Å². The summed E-state index contributed by atoms with van der Waals surface area (Å²) in [5, 5.41) is 8.92. The van der Waals surface area contributed by atoms with Gasteiger partial charge < -0.3 is 0 Å². The van der Waals surface area contributed by atoms with Gasteiger partial charge in [-0.1, -0.05) is 12.5 Å². The Bertz CT molecular complexity index is 640. The summed E-state index contributed by atoms with van der Waals surface area (Å²) in [7, 11) is -3.77. The summed E-state index contributed by atoms with van der Waals surface area (Å²) < 4.78 is 41.8. The van der Waals surface area contributed by atoms with Crippen LogP contribution in [-0.2, 0) is 10.2 Å². The van der Waals surface area contributed by atoms with Crippen LogP contribution < -0.4 is 4.72 Å². The maximum absolute atomic E-state index is 13.5. The SMILES string of the molecule is CC1CCCCN1S(=O)(=O)Nc1cccc(F)c1C#N. The quantitative estimate of drug-likeness (QED) is 0.929. The number of hydrogen-bond donors (Lipinski definition) is 1. The molecule has 0 radical (unpaired) electrons. The van der Waals surface area contributed by atoms with E-state index in [4.69, 9.17) is 5.26 Å². The van der Waals surface area contributed by atoms with Gasteiger partial charge in [0, 0.05) is 12.6 Å². The molecule has 1 aromatic rings. The zero-order valence-electron chi connectivity index (χ0n) is 11.1. The van der Waals surface area contributed by atoms with Crippen molar-refractivity contribution in [2.24, 2.45) is 0 Å². The Hall–Kier alpha value is -1.65. The maximum atomic E-state index is 13.5. The monoisotopic (exact) mass is 297 g/mol. The minimum Gasteiger partial charge on any atom is -0.269 e.